The van der Waals surface area contributed by atoms with Crippen molar-refractivity contribution in [3.8, 4) is 0 Å². The lowest BCUT2D eigenvalue weighted by molar-refractivity contribution is -0.0318. The van der Waals surface area contributed by atoms with Crippen molar-refractivity contribution >= 4 is 6.21 Å². The Morgan fingerprint density at radius 3 is 2.75 bits per heavy atom. The highest BCUT2D eigenvalue weighted by molar-refractivity contribution is 5.72. The van der Waals surface area contributed by atoms with E-state index in [0.29, 0.717) is 0 Å². The first kappa shape index (κ1) is 5.44. The van der Waals surface area contributed by atoms with Gasteiger partial charge in [0, 0.05) is 6.21 Å². The molecular weight excluding hydrogens is 109 g/mol. The zero-order valence-corrected chi connectivity index (χ0v) is 4.21. The third-order valence-corrected chi connectivity index (χ3v) is 0.856. The minimum Gasteiger partial charge on any atom is -0.357 e. The molecule has 1 heterocycles. The maximum atomic E-state index is 12.2. The Bertz CT molecular complexity index is 139. The molecule has 0 saturated heterocycles. The van der Waals surface area contributed by atoms with Gasteiger partial charge in [0.1, 0.15) is 6.54 Å². The van der Waals surface area contributed by atoms with Crippen molar-refractivity contribution in [2.75, 3.05) is 6.54 Å². The Hall–Kier alpha value is -0.700. The van der Waals surface area contributed by atoms with E-state index in [0.717, 1.165) is 6.08 Å². The number of allylic oxidation sites excluding steroid dienone is 1. The van der Waals surface area contributed by atoms with Gasteiger partial charge < -0.3 is 5.11 Å². The highest BCUT2D eigenvalue weighted by Crippen LogP contribution is 2.10. The molecule has 0 radical (unpaired) electrons. The summed E-state index contributed by atoms with van der Waals surface area (Å²) in [5.74, 6) is -2.20. The van der Waals surface area contributed by atoms with Crippen LogP contribution in [0.4, 0.5) is 4.39 Å². The summed E-state index contributed by atoms with van der Waals surface area (Å²) in [6.07, 6.45) is 3.90. The predicted molar refractivity (Wildman–Crippen MR) is 28.6 cm³/mol. The first-order valence-corrected chi connectivity index (χ1v) is 2.30. The van der Waals surface area contributed by atoms with Gasteiger partial charge in [0.15, 0.2) is 0 Å². The van der Waals surface area contributed by atoms with Gasteiger partial charge in [-0.15, -0.1) is 0 Å². The largest absolute Gasteiger partial charge is 0.357 e. The number of rotatable bonds is 0. The lowest BCUT2D eigenvalue weighted by Crippen LogP contribution is -2.24. The van der Waals surface area contributed by atoms with E-state index in [2.05, 4.69) is 4.99 Å². The van der Waals surface area contributed by atoms with Crippen molar-refractivity contribution in [2.24, 2.45) is 4.99 Å². The van der Waals surface area contributed by atoms with Gasteiger partial charge in [-0.1, -0.05) is 0 Å². The molecule has 0 aliphatic carbocycles. The summed E-state index contributed by atoms with van der Waals surface area (Å²) < 4.78 is 12.2. The third-order valence-electron chi connectivity index (χ3n) is 0.856. The maximum absolute atomic E-state index is 12.2. The van der Waals surface area contributed by atoms with Crippen molar-refractivity contribution in [1.29, 1.82) is 0 Å². The van der Waals surface area contributed by atoms with Crippen molar-refractivity contribution in [1.82, 2.24) is 0 Å². The van der Waals surface area contributed by atoms with Crippen molar-refractivity contribution in [3.05, 3.63) is 12.2 Å². The number of halogens is 1. The van der Waals surface area contributed by atoms with E-state index in [-0.39, 0.29) is 6.54 Å². The van der Waals surface area contributed by atoms with Crippen LogP contribution in [0.5, 0.6) is 0 Å². The number of nitrogens with zero attached hydrogens (tertiary/aromatic N) is 1. The number of dihydropyridines is 1. The summed E-state index contributed by atoms with van der Waals surface area (Å²) in [7, 11) is 0. The van der Waals surface area contributed by atoms with E-state index >= 15 is 0 Å². The predicted octanol–water partition coefficient (Wildman–Crippen LogP) is 0.285. The highest BCUT2D eigenvalue weighted by Gasteiger charge is 2.21. The van der Waals surface area contributed by atoms with Gasteiger partial charge in [0.2, 0.25) is 5.85 Å². The zero-order valence-electron chi connectivity index (χ0n) is 4.21. The van der Waals surface area contributed by atoms with E-state index < -0.39 is 5.85 Å². The van der Waals surface area contributed by atoms with E-state index in [4.69, 9.17) is 5.11 Å². The average molecular weight is 115 g/mol. The van der Waals surface area contributed by atoms with Gasteiger partial charge in [-0.25, -0.2) is 4.39 Å². The number of aliphatic hydroxyl groups is 1. The average Bonchev–Trinajstić information content (AvgIpc) is 1.65. The molecule has 0 aromatic heterocycles. The van der Waals surface area contributed by atoms with Gasteiger partial charge in [0.25, 0.3) is 0 Å². The number of hydrogen-bond acceptors (Lipinski definition) is 2. The summed E-state index contributed by atoms with van der Waals surface area (Å²) >= 11 is 0. The standard InChI is InChI=1S/C5H6FNO/c6-5(8)2-1-3-7-4-5/h1-3,8H,4H2. The van der Waals surface area contributed by atoms with Crippen molar-refractivity contribution in [2.45, 2.75) is 5.85 Å². The molecule has 3 heteroatoms. The molecule has 0 aromatic rings. The molecule has 1 aliphatic rings. The minimum absolute atomic E-state index is 0.177. The van der Waals surface area contributed by atoms with Gasteiger partial charge in [-0.05, 0) is 12.2 Å². The molecule has 44 valence electrons. The van der Waals surface area contributed by atoms with Gasteiger partial charge in [-0.3, -0.25) is 4.99 Å². The van der Waals surface area contributed by atoms with Crippen LogP contribution >= 0.6 is 0 Å². The SMILES string of the molecule is OC1(F)C=CC=NC1. The van der Waals surface area contributed by atoms with Crippen molar-refractivity contribution in [3.63, 3.8) is 0 Å². The second-order valence-corrected chi connectivity index (χ2v) is 1.67. The Kier molecular flexibility index (Phi) is 1.13. The van der Waals surface area contributed by atoms with Crippen molar-refractivity contribution < 1.29 is 9.50 Å². The number of hydrogen-bond donors (Lipinski definition) is 1. The smallest absolute Gasteiger partial charge is 0.246 e. The molecule has 1 aliphatic heterocycles. The summed E-state index contributed by atoms with van der Waals surface area (Å²) in [5.41, 5.74) is 0. The molecular formula is C5H6FNO. The quantitative estimate of drug-likeness (QED) is 0.483. The first-order valence-electron chi connectivity index (χ1n) is 2.30. The topological polar surface area (TPSA) is 32.6 Å². The van der Waals surface area contributed by atoms with Crippen LogP contribution in [-0.4, -0.2) is 23.7 Å². The molecule has 0 bridgehead atoms. The third kappa shape index (κ3) is 1.13. The molecule has 0 fully saturated rings. The van der Waals surface area contributed by atoms with E-state index in [9.17, 15) is 4.39 Å². The van der Waals surface area contributed by atoms with Crippen LogP contribution < -0.4 is 0 Å². The van der Waals surface area contributed by atoms with Gasteiger partial charge >= 0.3 is 0 Å². The Balaban J connectivity index is 2.65. The molecule has 1 rings (SSSR count). The summed E-state index contributed by atoms with van der Waals surface area (Å²) in [4.78, 5) is 3.49. The van der Waals surface area contributed by atoms with Crippen LogP contribution in [0.15, 0.2) is 17.1 Å². The number of alkyl halides is 1. The summed E-state index contributed by atoms with van der Waals surface area (Å²) in [6.45, 7) is -0.177. The Morgan fingerprint density at radius 2 is 2.50 bits per heavy atom. The summed E-state index contributed by atoms with van der Waals surface area (Å²) in [5, 5.41) is 8.51. The van der Waals surface area contributed by atoms with Crippen LogP contribution in [0.2, 0.25) is 0 Å². The fourth-order valence-corrected chi connectivity index (χ4v) is 0.485. The minimum atomic E-state index is -2.20. The summed E-state index contributed by atoms with van der Waals surface area (Å²) in [6, 6.07) is 0. The van der Waals surface area contributed by atoms with Crippen LogP contribution in [0.3, 0.4) is 0 Å². The molecule has 1 N–H and O–H groups in total. The highest BCUT2D eigenvalue weighted by atomic mass is 19.2. The molecule has 1 atom stereocenters. The maximum Gasteiger partial charge on any atom is 0.246 e. The number of aliphatic imine (C=N–C) groups is 1. The zero-order chi connectivity index (χ0) is 6.04. The monoisotopic (exact) mass is 115 g/mol. The van der Waals surface area contributed by atoms with E-state index in [1.165, 1.54) is 12.3 Å². The van der Waals surface area contributed by atoms with Crippen LogP contribution in [-0.2, 0) is 0 Å². The molecule has 0 amide bonds. The van der Waals surface area contributed by atoms with Crippen LogP contribution in [0.1, 0.15) is 0 Å². The Morgan fingerprint density at radius 1 is 1.75 bits per heavy atom. The normalized spacial score (nSPS) is 35.8. The second kappa shape index (κ2) is 1.67. The van der Waals surface area contributed by atoms with Gasteiger partial charge in [0.05, 0.1) is 0 Å². The molecule has 0 saturated carbocycles. The molecule has 1 unspecified atom stereocenters. The molecule has 0 aromatic carbocycles. The lowest BCUT2D eigenvalue weighted by atomic mass is 10.2. The van der Waals surface area contributed by atoms with Crippen LogP contribution in [0, 0.1) is 0 Å². The first-order chi connectivity index (χ1) is 3.71. The van der Waals surface area contributed by atoms with Crippen LogP contribution in [0.25, 0.3) is 0 Å². The van der Waals surface area contributed by atoms with Gasteiger partial charge in [-0.2, -0.15) is 0 Å². The second-order valence-electron chi connectivity index (χ2n) is 1.67. The molecule has 8 heavy (non-hydrogen) atoms. The lowest BCUT2D eigenvalue weighted by Gasteiger charge is -2.12. The molecule has 2 nitrogen and oxygen atoms in total. The fourth-order valence-electron chi connectivity index (χ4n) is 0.485. The van der Waals surface area contributed by atoms with E-state index in [1.807, 2.05) is 0 Å². The Labute approximate surface area is 46.4 Å². The van der Waals surface area contributed by atoms with E-state index in [1.54, 1.807) is 0 Å². The fraction of sp³-hybridized carbons (Fsp3) is 0.400. The molecule has 0 spiro atoms.